The van der Waals surface area contributed by atoms with Gasteiger partial charge in [-0.2, -0.15) is 0 Å². The summed E-state index contributed by atoms with van der Waals surface area (Å²) in [5.41, 5.74) is 0.752. The zero-order chi connectivity index (χ0) is 19.3. The number of rotatable bonds is 5. The van der Waals surface area contributed by atoms with Crippen LogP contribution in [-0.4, -0.2) is 61.0 Å². The van der Waals surface area contributed by atoms with Crippen LogP contribution in [0.5, 0.6) is 0 Å². The summed E-state index contributed by atoms with van der Waals surface area (Å²) >= 11 is 0. The average molecular weight is 388 g/mol. The molecule has 154 valence electrons. The summed E-state index contributed by atoms with van der Waals surface area (Å²) in [6.07, 6.45) is 8.85. The fourth-order valence-electron chi connectivity index (χ4n) is 5.24. The molecule has 1 amide bonds. The Bertz CT molecular complexity index is 645. The van der Waals surface area contributed by atoms with Gasteiger partial charge in [-0.25, -0.2) is 4.39 Å². The molecule has 1 aromatic rings. The van der Waals surface area contributed by atoms with Crippen LogP contribution in [0.15, 0.2) is 24.3 Å². The minimum Gasteiger partial charge on any atom is -0.369 e. The van der Waals surface area contributed by atoms with Gasteiger partial charge in [0.25, 0.3) is 0 Å². The zero-order valence-corrected chi connectivity index (χ0v) is 17.0. The van der Waals surface area contributed by atoms with E-state index < -0.39 is 0 Å². The van der Waals surface area contributed by atoms with Crippen LogP contribution in [-0.2, 0) is 4.79 Å². The van der Waals surface area contributed by atoms with Gasteiger partial charge < -0.3 is 14.7 Å². The summed E-state index contributed by atoms with van der Waals surface area (Å²) in [5, 5.41) is 0. The number of benzene rings is 1. The van der Waals surface area contributed by atoms with Gasteiger partial charge in [0, 0.05) is 38.6 Å². The van der Waals surface area contributed by atoms with Crippen molar-refractivity contribution in [3.63, 3.8) is 0 Å². The van der Waals surface area contributed by atoms with Gasteiger partial charge in [0.15, 0.2) is 0 Å². The van der Waals surface area contributed by atoms with Crippen molar-refractivity contribution in [3.8, 4) is 0 Å². The Morgan fingerprint density at radius 2 is 1.61 bits per heavy atom. The molecule has 0 aliphatic carbocycles. The maximum absolute atomic E-state index is 14.0. The first kappa shape index (κ1) is 19.7. The Labute approximate surface area is 168 Å². The zero-order valence-electron chi connectivity index (χ0n) is 17.0. The minimum absolute atomic E-state index is 0.106. The number of piperidine rings is 2. The highest BCUT2D eigenvalue weighted by Gasteiger charge is 2.29. The molecule has 5 heteroatoms. The van der Waals surface area contributed by atoms with Crippen molar-refractivity contribution in [1.82, 2.24) is 9.80 Å². The van der Waals surface area contributed by atoms with Crippen LogP contribution in [0.2, 0.25) is 0 Å². The molecule has 0 unspecified atom stereocenters. The van der Waals surface area contributed by atoms with E-state index in [4.69, 9.17) is 0 Å². The molecule has 1 aromatic carbocycles. The fraction of sp³-hybridized carbons (Fsp3) is 0.696. The molecule has 0 radical (unpaired) electrons. The number of para-hydroxylation sites is 1. The number of halogens is 1. The first-order valence-corrected chi connectivity index (χ1v) is 11.2. The second-order valence-electron chi connectivity index (χ2n) is 8.78. The summed E-state index contributed by atoms with van der Waals surface area (Å²) in [6, 6.07) is 7.76. The Morgan fingerprint density at radius 1 is 0.929 bits per heavy atom. The van der Waals surface area contributed by atoms with Crippen LogP contribution in [0, 0.1) is 11.7 Å². The maximum Gasteiger partial charge on any atom is 0.222 e. The summed E-state index contributed by atoms with van der Waals surface area (Å²) in [4.78, 5) is 19.2. The van der Waals surface area contributed by atoms with Crippen LogP contribution in [0.3, 0.4) is 0 Å². The number of nitrogens with zero attached hydrogens (tertiary/aromatic N) is 3. The molecular formula is C23H34FN3O. The molecule has 3 aliphatic rings. The van der Waals surface area contributed by atoms with E-state index in [0.29, 0.717) is 17.9 Å². The van der Waals surface area contributed by atoms with Crippen LogP contribution < -0.4 is 4.90 Å². The lowest BCUT2D eigenvalue weighted by Crippen LogP contribution is -2.48. The predicted octanol–water partition coefficient (Wildman–Crippen LogP) is 3.91. The lowest BCUT2D eigenvalue weighted by Gasteiger charge is -2.42. The number of amides is 1. The lowest BCUT2D eigenvalue weighted by molar-refractivity contribution is -0.130. The number of likely N-dealkylation sites (tertiary alicyclic amines) is 2. The normalized spacial score (nSPS) is 22.8. The highest BCUT2D eigenvalue weighted by molar-refractivity contribution is 5.76. The van der Waals surface area contributed by atoms with E-state index in [0.717, 1.165) is 70.6 Å². The van der Waals surface area contributed by atoms with E-state index in [9.17, 15) is 9.18 Å². The summed E-state index contributed by atoms with van der Waals surface area (Å²) in [7, 11) is 0. The Morgan fingerprint density at radius 3 is 2.29 bits per heavy atom. The van der Waals surface area contributed by atoms with E-state index in [1.807, 2.05) is 12.1 Å². The molecule has 0 bridgehead atoms. The van der Waals surface area contributed by atoms with Gasteiger partial charge in [-0.05, 0) is 76.1 Å². The molecular weight excluding hydrogens is 353 g/mol. The van der Waals surface area contributed by atoms with Crippen molar-refractivity contribution in [2.24, 2.45) is 5.92 Å². The quantitative estimate of drug-likeness (QED) is 0.766. The van der Waals surface area contributed by atoms with E-state index in [2.05, 4.69) is 14.7 Å². The Hall–Kier alpha value is -1.62. The molecule has 0 N–H and O–H groups in total. The van der Waals surface area contributed by atoms with Crippen molar-refractivity contribution in [2.45, 2.75) is 57.4 Å². The average Bonchev–Trinajstić information content (AvgIpc) is 3.28. The molecule has 0 saturated carbocycles. The van der Waals surface area contributed by atoms with Gasteiger partial charge in [0.05, 0.1) is 5.69 Å². The second kappa shape index (κ2) is 9.25. The van der Waals surface area contributed by atoms with E-state index >= 15 is 0 Å². The molecule has 28 heavy (non-hydrogen) atoms. The number of hydrogen-bond donors (Lipinski definition) is 0. The first-order valence-electron chi connectivity index (χ1n) is 11.2. The third-order valence-corrected chi connectivity index (χ3v) is 7.05. The van der Waals surface area contributed by atoms with E-state index in [-0.39, 0.29) is 5.82 Å². The molecule has 3 fully saturated rings. The van der Waals surface area contributed by atoms with Crippen molar-refractivity contribution in [2.75, 3.05) is 44.2 Å². The van der Waals surface area contributed by atoms with Crippen LogP contribution >= 0.6 is 0 Å². The van der Waals surface area contributed by atoms with Gasteiger partial charge in [0.2, 0.25) is 5.91 Å². The number of carbonyl (C=O) groups excluding carboxylic acids is 1. The molecule has 3 aliphatic heterocycles. The molecule has 3 heterocycles. The third-order valence-electron chi connectivity index (χ3n) is 7.05. The fourth-order valence-corrected chi connectivity index (χ4v) is 5.24. The molecule has 4 rings (SSSR count). The first-order chi connectivity index (χ1) is 13.7. The lowest BCUT2D eigenvalue weighted by atomic mass is 9.90. The third kappa shape index (κ3) is 4.68. The van der Waals surface area contributed by atoms with Crippen LogP contribution in [0.4, 0.5) is 10.1 Å². The van der Waals surface area contributed by atoms with Gasteiger partial charge >= 0.3 is 0 Å². The van der Waals surface area contributed by atoms with E-state index in [1.165, 1.54) is 25.7 Å². The number of hydrogen-bond acceptors (Lipinski definition) is 3. The Balaban J connectivity index is 1.18. The topological polar surface area (TPSA) is 26.8 Å². The highest BCUT2D eigenvalue weighted by Crippen LogP contribution is 2.29. The molecule has 0 spiro atoms. The van der Waals surface area contributed by atoms with E-state index in [1.54, 1.807) is 12.1 Å². The van der Waals surface area contributed by atoms with Crippen LogP contribution in [0.1, 0.15) is 51.4 Å². The van der Waals surface area contributed by atoms with Crippen molar-refractivity contribution < 1.29 is 9.18 Å². The highest BCUT2D eigenvalue weighted by atomic mass is 19.1. The van der Waals surface area contributed by atoms with Gasteiger partial charge in [-0.1, -0.05) is 12.1 Å². The monoisotopic (exact) mass is 387 g/mol. The molecule has 0 atom stereocenters. The summed E-state index contributed by atoms with van der Waals surface area (Å²) < 4.78 is 14.0. The van der Waals surface area contributed by atoms with Crippen molar-refractivity contribution in [1.29, 1.82) is 0 Å². The van der Waals surface area contributed by atoms with Gasteiger partial charge in [-0.15, -0.1) is 0 Å². The molecule has 0 aromatic heterocycles. The van der Waals surface area contributed by atoms with Crippen molar-refractivity contribution >= 4 is 11.6 Å². The largest absolute Gasteiger partial charge is 0.369 e. The SMILES string of the molecule is O=C(CCC1CCN(C2CCN(c3ccccc3F)CC2)CC1)N1CCCC1. The smallest absolute Gasteiger partial charge is 0.222 e. The number of anilines is 1. The standard InChI is InChI=1S/C23H34FN3O/c24-21-5-1-2-6-22(21)26-17-11-20(12-18-26)25-15-9-19(10-16-25)7-8-23(28)27-13-3-4-14-27/h1-2,5-6,19-20H,3-4,7-18H2. The molecule has 4 nitrogen and oxygen atoms in total. The minimum atomic E-state index is -0.106. The maximum atomic E-state index is 14.0. The summed E-state index contributed by atoms with van der Waals surface area (Å²) in [6.45, 7) is 6.15. The predicted molar refractivity (Wildman–Crippen MR) is 111 cm³/mol. The number of carbonyl (C=O) groups is 1. The molecule has 3 saturated heterocycles. The Kier molecular flexibility index (Phi) is 6.50. The second-order valence-corrected chi connectivity index (χ2v) is 8.78. The van der Waals surface area contributed by atoms with Gasteiger partial charge in [0.1, 0.15) is 5.82 Å². The van der Waals surface area contributed by atoms with Gasteiger partial charge in [-0.3, -0.25) is 4.79 Å². The summed E-state index contributed by atoms with van der Waals surface area (Å²) in [5.74, 6) is 0.979. The van der Waals surface area contributed by atoms with Crippen LogP contribution in [0.25, 0.3) is 0 Å². The van der Waals surface area contributed by atoms with Crippen molar-refractivity contribution in [3.05, 3.63) is 30.1 Å².